The van der Waals surface area contributed by atoms with Crippen molar-refractivity contribution >= 4 is 11.8 Å². The number of nitrogens with two attached hydrogens (primary N) is 1. The van der Waals surface area contributed by atoms with Crippen molar-refractivity contribution in [2.24, 2.45) is 5.73 Å². The standard InChI is InChI=1S/C14H21N3O3/c1-19-12-4-6-17(11(8-12)9-15)13-7-10(3-5-16-13)14(18)20-2/h3,5,7,11-12H,4,6,8-9,15H2,1-2H3. The number of hydrogen-bond donors (Lipinski definition) is 1. The molecular weight excluding hydrogens is 258 g/mol. The first-order valence-corrected chi connectivity index (χ1v) is 6.73. The van der Waals surface area contributed by atoms with Crippen LogP contribution in [0.4, 0.5) is 5.82 Å². The van der Waals surface area contributed by atoms with E-state index < -0.39 is 0 Å². The molecule has 6 heteroatoms. The van der Waals surface area contributed by atoms with E-state index in [1.807, 2.05) is 0 Å². The summed E-state index contributed by atoms with van der Waals surface area (Å²) in [7, 11) is 3.10. The van der Waals surface area contributed by atoms with Crippen LogP contribution in [0.3, 0.4) is 0 Å². The highest BCUT2D eigenvalue weighted by Crippen LogP contribution is 2.25. The van der Waals surface area contributed by atoms with Gasteiger partial charge in [-0.3, -0.25) is 0 Å². The number of pyridine rings is 1. The minimum atomic E-state index is -0.357. The third-order valence-electron chi connectivity index (χ3n) is 3.73. The third kappa shape index (κ3) is 3.08. The van der Waals surface area contributed by atoms with E-state index in [0.29, 0.717) is 12.1 Å². The molecule has 0 bridgehead atoms. The maximum absolute atomic E-state index is 11.6. The predicted octanol–water partition coefficient (Wildman–Crippen LogP) is 0.811. The molecule has 20 heavy (non-hydrogen) atoms. The number of rotatable bonds is 4. The summed E-state index contributed by atoms with van der Waals surface area (Å²) >= 11 is 0. The zero-order valence-corrected chi connectivity index (χ0v) is 11.9. The van der Waals surface area contributed by atoms with Gasteiger partial charge in [-0.25, -0.2) is 9.78 Å². The zero-order valence-electron chi connectivity index (χ0n) is 11.9. The highest BCUT2D eigenvalue weighted by molar-refractivity contribution is 5.90. The Morgan fingerprint density at radius 1 is 1.55 bits per heavy atom. The number of aromatic nitrogens is 1. The lowest BCUT2D eigenvalue weighted by Gasteiger charge is -2.39. The van der Waals surface area contributed by atoms with Gasteiger partial charge in [-0.05, 0) is 25.0 Å². The lowest BCUT2D eigenvalue weighted by atomic mass is 9.99. The number of anilines is 1. The van der Waals surface area contributed by atoms with Crippen LogP contribution >= 0.6 is 0 Å². The van der Waals surface area contributed by atoms with Gasteiger partial charge in [0.05, 0.1) is 18.8 Å². The molecule has 2 rings (SSSR count). The molecule has 0 radical (unpaired) electrons. The smallest absolute Gasteiger partial charge is 0.338 e. The molecule has 1 saturated heterocycles. The van der Waals surface area contributed by atoms with Gasteiger partial charge in [-0.1, -0.05) is 0 Å². The minimum absolute atomic E-state index is 0.175. The number of carbonyl (C=O) groups is 1. The molecule has 1 aromatic heterocycles. The van der Waals surface area contributed by atoms with Crippen LogP contribution in [0, 0.1) is 0 Å². The van der Waals surface area contributed by atoms with Crippen LogP contribution in [0.1, 0.15) is 23.2 Å². The average molecular weight is 279 g/mol. The molecule has 0 aromatic carbocycles. The molecule has 1 aliphatic rings. The van der Waals surface area contributed by atoms with Gasteiger partial charge >= 0.3 is 5.97 Å². The molecule has 0 amide bonds. The summed E-state index contributed by atoms with van der Waals surface area (Å²) in [6.45, 7) is 1.35. The first-order chi connectivity index (χ1) is 9.69. The number of ether oxygens (including phenoxy) is 2. The van der Waals surface area contributed by atoms with E-state index in [1.165, 1.54) is 7.11 Å². The molecule has 2 heterocycles. The Labute approximate surface area is 118 Å². The molecule has 2 unspecified atom stereocenters. The normalized spacial score (nSPS) is 22.6. The lowest BCUT2D eigenvalue weighted by Crippen LogP contribution is -2.49. The predicted molar refractivity (Wildman–Crippen MR) is 75.8 cm³/mol. The van der Waals surface area contributed by atoms with Crippen molar-refractivity contribution in [1.29, 1.82) is 0 Å². The van der Waals surface area contributed by atoms with Crippen LogP contribution in [0.2, 0.25) is 0 Å². The van der Waals surface area contributed by atoms with Crippen molar-refractivity contribution < 1.29 is 14.3 Å². The lowest BCUT2D eigenvalue weighted by molar-refractivity contribution is 0.0600. The Kier molecular flexibility index (Phi) is 4.92. The number of methoxy groups -OCH3 is 2. The maximum atomic E-state index is 11.6. The van der Waals surface area contributed by atoms with Crippen LogP contribution in [-0.2, 0) is 9.47 Å². The largest absolute Gasteiger partial charge is 0.465 e. The summed E-state index contributed by atoms with van der Waals surface area (Å²) in [4.78, 5) is 18.1. The number of piperidine rings is 1. The number of esters is 1. The van der Waals surface area contributed by atoms with E-state index in [2.05, 4.69) is 9.88 Å². The van der Waals surface area contributed by atoms with Crippen molar-refractivity contribution in [3.63, 3.8) is 0 Å². The first-order valence-electron chi connectivity index (χ1n) is 6.73. The number of hydrogen-bond acceptors (Lipinski definition) is 6. The Balaban J connectivity index is 2.19. The van der Waals surface area contributed by atoms with Crippen molar-refractivity contribution in [1.82, 2.24) is 4.98 Å². The molecule has 1 fully saturated rings. The molecule has 0 spiro atoms. The first kappa shape index (κ1) is 14.7. The molecule has 0 aliphatic carbocycles. The summed E-state index contributed by atoms with van der Waals surface area (Å²) in [6, 6.07) is 3.57. The second kappa shape index (κ2) is 6.67. The number of nitrogens with zero attached hydrogens (tertiary/aromatic N) is 2. The highest BCUT2D eigenvalue weighted by Gasteiger charge is 2.28. The highest BCUT2D eigenvalue weighted by atomic mass is 16.5. The van der Waals surface area contributed by atoms with Crippen LogP contribution in [0.25, 0.3) is 0 Å². The summed E-state index contributed by atoms with van der Waals surface area (Å²) < 4.78 is 10.1. The van der Waals surface area contributed by atoms with E-state index in [4.69, 9.17) is 15.2 Å². The van der Waals surface area contributed by atoms with Gasteiger partial charge in [0.25, 0.3) is 0 Å². The zero-order chi connectivity index (χ0) is 14.5. The fraction of sp³-hybridized carbons (Fsp3) is 0.571. The van der Waals surface area contributed by atoms with Gasteiger partial charge in [-0.2, -0.15) is 0 Å². The maximum Gasteiger partial charge on any atom is 0.338 e. The van der Waals surface area contributed by atoms with E-state index in [9.17, 15) is 4.79 Å². The van der Waals surface area contributed by atoms with Gasteiger partial charge in [0.15, 0.2) is 0 Å². The Hall–Kier alpha value is -1.66. The quantitative estimate of drug-likeness (QED) is 0.822. The van der Waals surface area contributed by atoms with Gasteiger partial charge in [0.2, 0.25) is 0 Å². The van der Waals surface area contributed by atoms with Crippen molar-refractivity contribution in [2.45, 2.75) is 25.0 Å². The van der Waals surface area contributed by atoms with Gasteiger partial charge < -0.3 is 20.1 Å². The summed E-state index contributed by atoms with van der Waals surface area (Å²) in [5.74, 6) is 0.405. The molecule has 6 nitrogen and oxygen atoms in total. The molecule has 2 atom stereocenters. The third-order valence-corrected chi connectivity index (χ3v) is 3.73. The molecular formula is C14H21N3O3. The topological polar surface area (TPSA) is 77.7 Å². The summed E-state index contributed by atoms with van der Waals surface area (Å²) in [5, 5.41) is 0. The Morgan fingerprint density at radius 3 is 3.00 bits per heavy atom. The summed E-state index contributed by atoms with van der Waals surface area (Å²) in [5.41, 5.74) is 6.36. The Morgan fingerprint density at radius 2 is 2.35 bits per heavy atom. The van der Waals surface area contributed by atoms with Crippen molar-refractivity contribution in [3.8, 4) is 0 Å². The van der Waals surface area contributed by atoms with Crippen molar-refractivity contribution in [3.05, 3.63) is 23.9 Å². The SMILES string of the molecule is COC(=O)c1ccnc(N2CCC(OC)CC2CN)c1. The Bertz CT molecular complexity index is 467. The van der Waals surface area contributed by atoms with Gasteiger partial charge in [-0.15, -0.1) is 0 Å². The fourth-order valence-electron chi connectivity index (χ4n) is 2.57. The van der Waals surface area contributed by atoms with E-state index in [0.717, 1.165) is 25.2 Å². The minimum Gasteiger partial charge on any atom is -0.465 e. The van der Waals surface area contributed by atoms with Crippen LogP contribution in [0.5, 0.6) is 0 Å². The summed E-state index contributed by atoms with van der Waals surface area (Å²) in [6.07, 6.45) is 3.66. The number of carbonyl (C=O) groups excluding carboxylic acids is 1. The van der Waals surface area contributed by atoms with E-state index in [1.54, 1.807) is 25.4 Å². The molecule has 110 valence electrons. The van der Waals surface area contributed by atoms with Crippen LogP contribution < -0.4 is 10.6 Å². The second-order valence-corrected chi connectivity index (χ2v) is 4.86. The second-order valence-electron chi connectivity index (χ2n) is 4.86. The van der Waals surface area contributed by atoms with Crippen LogP contribution in [0.15, 0.2) is 18.3 Å². The van der Waals surface area contributed by atoms with E-state index in [-0.39, 0.29) is 18.1 Å². The monoisotopic (exact) mass is 279 g/mol. The van der Waals surface area contributed by atoms with E-state index >= 15 is 0 Å². The van der Waals surface area contributed by atoms with Gasteiger partial charge in [0, 0.05) is 32.4 Å². The van der Waals surface area contributed by atoms with Crippen LogP contribution in [-0.4, -0.2) is 50.4 Å². The molecule has 1 aromatic rings. The average Bonchev–Trinajstić information content (AvgIpc) is 2.53. The fourth-order valence-corrected chi connectivity index (χ4v) is 2.57. The van der Waals surface area contributed by atoms with Gasteiger partial charge in [0.1, 0.15) is 5.82 Å². The molecule has 2 N–H and O–H groups in total. The van der Waals surface area contributed by atoms with Crippen molar-refractivity contribution in [2.75, 3.05) is 32.2 Å². The molecule has 0 saturated carbocycles. The molecule has 1 aliphatic heterocycles.